The van der Waals surface area contributed by atoms with E-state index in [4.69, 9.17) is 5.11 Å². The maximum absolute atomic E-state index is 10.4. The molecular weight excluding hydrogens is 258 g/mol. The van der Waals surface area contributed by atoms with Crippen LogP contribution in [0.15, 0.2) is 5.16 Å². The van der Waals surface area contributed by atoms with Gasteiger partial charge in [0.25, 0.3) is 0 Å². The Kier molecular flexibility index (Phi) is 4.73. The first-order valence-corrected chi connectivity index (χ1v) is 7.71. The first-order chi connectivity index (χ1) is 8.24. The quantitative estimate of drug-likeness (QED) is 0.794. The molecule has 7 heteroatoms. The third-order valence-corrected chi connectivity index (χ3v) is 4.54. The fourth-order valence-corrected chi connectivity index (χ4v) is 3.53. The first-order valence-electron chi connectivity index (χ1n) is 5.57. The number of aromatic amines is 1. The zero-order valence-electron chi connectivity index (χ0n) is 9.39. The van der Waals surface area contributed by atoms with E-state index in [1.807, 2.05) is 11.8 Å². The molecule has 1 aromatic heterocycles. The highest BCUT2D eigenvalue weighted by atomic mass is 32.2. The van der Waals surface area contributed by atoms with Crippen LogP contribution >= 0.6 is 23.5 Å². The van der Waals surface area contributed by atoms with Crippen molar-refractivity contribution in [2.75, 3.05) is 17.3 Å². The van der Waals surface area contributed by atoms with E-state index in [0.717, 1.165) is 24.0 Å². The summed E-state index contributed by atoms with van der Waals surface area (Å²) in [6.45, 7) is 0. The van der Waals surface area contributed by atoms with E-state index in [9.17, 15) is 4.79 Å². The fourth-order valence-electron chi connectivity index (χ4n) is 1.78. The molecule has 0 amide bonds. The van der Waals surface area contributed by atoms with Gasteiger partial charge in [0, 0.05) is 6.42 Å². The molecule has 5 nitrogen and oxygen atoms in total. The molecule has 0 radical (unpaired) electrons. The lowest BCUT2D eigenvalue weighted by atomic mass is 9.99. The molecule has 0 unspecified atom stereocenters. The van der Waals surface area contributed by atoms with Crippen molar-refractivity contribution in [1.29, 1.82) is 0 Å². The molecule has 0 spiro atoms. The second kappa shape index (κ2) is 6.30. The molecule has 2 N–H and O–H groups in total. The van der Waals surface area contributed by atoms with Gasteiger partial charge in [-0.2, -0.15) is 11.8 Å². The number of nitrogens with zero attached hydrogens (tertiary/aromatic N) is 2. The van der Waals surface area contributed by atoms with Gasteiger partial charge in [-0.15, -0.1) is 5.10 Å². The summed E-state index contributed by atoms with van der Waals surface area (Å²) >= 11 is 3.16. The largest absolute Gasteiger partial charge is 0.481 e. The highest BCUT2D eigenvalue weighted by molar-refractivity contribution is 7.99. The number of aliphatic carboxylic acids is 1. The van der Waals surface area contributed by atoms with Gasteiger partial charge in [0.1, 0.15) is 5.82 Å². The number of nitrogens with one attached hydrogen (secondary N) is 1. The Morgan fingerprint density at radius 2 is 2.29 bits per heavy atom. The average molecular weight is 273 g/mol. The zero-order valence-corrected chi connectivity index (χ0v) is 11.0. The average Bonchev–Trinajstić information content (AvgIpc) is 2.75. The smallest absolute Gasteiger partial charge is 0.313 e. The molecule has 0 atom stereocenters. The van der Waals surface area contributed by atoms with Crippen molar-refractivity contribution in [3.63, 3.8) is 0 Å². The Labute approximate surface area is 108 Å². The number of thioether (sulfide) groups is 2. The molecule has 1 aliphatic rings. The second-order valence-corrected chi connectivity index (χ2v) is 6.17. The maximum atomic E-state index is 10.4. The van der Waals surface area contributed by atoms with E-state index in [2.05, 4.69) is 15.2 Å². The molecule has 0 saturated carbocycles. The van der Waals surface area contributed by atoms with Crippen molar-refractivity contribution in [2.24, 2.45) is 5.92 Å². The van der Waals surface area contributed by atoms with Gasteiger partial charge < -0.3 is 5.11 Å². The Balaban J connectivity index is 1.82. The van der Waals surface area contributed by atoms with Crippen LogP contribution in [0.5, 0.6) is 0 Å². The van der Waals surface area contributed by atoms with Crippen molar-refractivity contribution in [3.05, 3.63) is 5.82 Å². The predicted molar refractivity (Wildman–Crippen MR) is 68.5 cm³/mol. The summed E-state index contributed by atoms with van der Waals surface area (Å²) in [7, 11) is 0. The summed E-state index contributed by atoms with van der Waals surface area (Å²) in [5, 5.41) is 16.0. The predicted octanol–water partition coefficient (Wildman–Crippen LogP) is 1.67. The van der Waals surface area contributed by atoms with Crippen molar-refractivity contribution < 1.29 is 9.90 Å². The van der Waals surface area contributed by atoms with E-state index in [-0.39, 0.29) is 5.75 Å². The summed E-state index contributed by atoms with van der Waals surface area (Å²) in [6.07, 6.45) is 3.41. The number of carboxylic acid groups (broad SMARTS) is 1. The van der Waals surface area contributed by atoms with E-state index in [0.29, 0.717) is 11.1 Å². The molecule has 2 heterocycles. The molecule has 2 rings (SSSR count). The topological polar surface area (TPSA) is 78.9 Å². The van der Waals surface area contributed by atoms with Gasteiger partial charge in [-0.1, -0.05) is 11.8 Å². The molecule has 1 aromatic rings. The summed E-state index contributed by atoms with van der Waals surface area (Å²) in [5.41, 5.74) is 0. The molecule has 1 saturated heterocycles. The van der Waals surface area contributed by atoms with Crippen molar-refractivity contribution >= 4 is 29.5 Å². The lowest BCUT2D eigenvalue weighted by molar-refractivity contribution is -0.133. The Morgan fingerprint density at radius 1 is 1.53 bits per heavy atom. The molecule has 1 fully saturated rings. The third kappa shape index (κ3) is 4.23. The second-order valence-electron chi connectivity index (χ2n) is 4.01. The van der Waals surface area contributed by atoms with Crippen molar-refractivity contribution in [2.45, 2.75) is 24.4 Å². The first kappa shape index (κ1) is 12.8. The van der Waals surface area contributed by atoms with Crippen LogP contribution in [0.1, 0.15) is 18.7 Å². The van der Waals surface area contributed by atoms with Gasteiger partial charge in [0.2, 0.25) is 5.16 Å². The van der Waals surface area contributed by atoms with Crippen molar-refractivity contribution in [1.82, 2.24) is 15.2 Å². The molecule has 1 aliphatic heterocycles. The SMILES string of the molecule is O=C(O)CSc1n[nH]c(CC2CCSCC2)n1. The number of carbonyl (C=O) groups is 1. The van der Waals surface area contributed by atoms with E-state index in [1.165, 1.54) is 24.3 Å². The van der Waals surface area contributed by atoms with Gasteiger partial charge in [-0.3, -0.25) is 9.89 Å². The van der Waals surface area contributed by atoms with Crippen LogP contribution in [-0.2, 0) is 11.2 Å². The number of hydrogen-bond acceptors (Lipinski definition) is 5. The minimum Gasteiger partial charge on any atom is -0.481 e. The molecule has 0 aromatic carbocycles. The number of rotatable bonds is 5. The molecule has 0 bridgehead atoms. The van der Waals surface area contributed by atoms with E-state index >= 15 is 0 Å². The highest BCUT2D eigenvalue weighted by Gasteiger charge is 2.16. The molecule has 17 heavy (non-hydrogen) atoms. The van der Waals surface area contributed by atoms with Gasteiger partial charge in [0.15, 0.2) is 0 Å². The van der Waals surface area contributed by atoms with Crippen LogP contribution in [0.4, 0.5) is 0 Å². The lowest BCUT2D eigenvalue weighted by Crippen LogP contribution is -2.12. The Morgan fingerprint density at radius 3 is 3.00 bits per heavy atom. The number of H-pyrrole nitrogens is 1. The van der Waals surface area contributed by atoms with Gasteiger partial charge >= 0.3 is 5.97 Å². The van der Waals surface area contributed by atoms with Gasteiger partial charge in [-0.25, -0.2) is 4.98 Å². The lowest BCUT2D eigenvalue weighted by Gasteiger charge is -2.19. The van der Waals surface area contributed by atoms with Crippen LogP contribution < -0.4 is 0 Å². The van der Waals surface area contributed by atoms with E-state index < -0.39 is 5.97 Å². The minimum absolute atomic E-state index is 0.0113. The normalized spacial score (nSPS) is 17.2. The van der Waals surface area contributed by atoms with Crippen LogP contribution in [0.25, 0.3) is 0 Å². The number of hydrogen-bond donors (Lipinski definition) is 2. The zero-order chi connectivity index (χ0) is 12.1. The van der Waals surface area contributed by atoms with Crippen molar-refractivity contribution in [3.8, 4) is 0 Å². The summed E-state index contributed by atoms with van der Waals surface area (Å²) < 4.78 is 0. The van der Waals surface area contributed by atoms with Gasteiger partial charge in [-0.05, 0) is 30.3 Å². The Bertz CT molecular complexity index is 377. The highest BCUT2D eigenvalue weighted by Crippen LogP contribution is 2.25. The number of carboxylic acids is 1. The third-order valence-electron chi connectivity index (χ3n) is 2.66. The maximum Gasteiger partial charge on any atom is 0.313 e. The minimum atomic E-state index is -0.842. The fraction of sp³-hybridized carbons (Fsp3) is 0.700. The van der Waals surface area contributed by atoms with Gasteiger partial charge in [0.05, 0.1) is 5.75 Å². The monoisotopic (exact) mass is 273 g/mol. The van der Waals surface area contributed by atoms with Crippen LogP contribution in [0.3, 0.4) is 0 Å². The van der Waals surface area contributed by atoms with Crippen LogP contribution in [0.2, 0.25) is 0 Å². The molecule has 94 valence electrons. The van der Waals surface area contributed by atoms with Crippen LogP contribution in [-0.4, -0.2) is 43.5 Å². The summed E-state index contributed by atoms with van der Waals surface area (Å²) in [4.78, 5) is 14.7. The van der Waals surface area contributed by atoms with E-state index in [1.54, 1.807) is 0 Å². The van der Waals surface area contributed by atoms with Crippen LogP contribution in [0, 0.1) is 5.92 Å². The summed E-state index contributed by atoms with van der Waals surface area (Å²) in [6, 6.07) is 0. The molecule has 0 aliphatic carbocycles. The number of aromatic nitrogens is 3. The molecular formula is C10H15N3O2S2. The standard InChI is InChI=1S/C10H15N3O2S2/c14-9(15)6-17-10-11-8(12-13-10)5-7-1-3-16-4-2-7/h7H,1-6H2,(H,14,15)(H,11,12,13). The summed E-state index contributed by atoms with van der Waals surface area (Å²) in [5.74, 6) is 3.22. The Hall–Kier alpha value is -0.690.